The SMILES string of the molecule is O=C(NCC(O)COc1ccc(F)c(F)c1)C(F)(F)c1ccccc1Br. The van der Waals surface area contributed by atoms with E-state index in [1.807, 2.05) is 5.32 Å². The standard InChI is InChI=1S/C17H14BrF4NO3/c18-13-4-2-1-3-12(13)17(21,22)16(25)23-8-10(24)9-26-11-5-6-14(19)15(20)7-11/h1-7,10,24H,8-9H2,(H,23,25). The molecule has 1 unspecified atom stereocenters. The van der Waals surface area contributed by atoms with Gasteiger partial charge in [0.15, 0.2) is 11.6 Å². The molecule has 0 aromatic heterocycles. The molecule has 0 saturated carbocycles. The molecule has 0 aliphatic rings. The van der Waals surface area contributed by atoms with E-state index < -0.39 is 48.3 Å². The number of halogens is 5. The fraction of sp³-hybridized carbons (Fsp3) is 0.235. The smallest absolute Gasteiger partial charge is 0.350 e. The Bertz CT molecular complexity index is 788. The van der Waals surface area contributed by atoms with Crippen molar-refractivity contribution in [3.8, 4) is 5.75 Å². The van der Waals surface area contributed by atoms with Crippen LogP contribution >= 0.6 is 15.9 Å². The number of ether oxygens (including phenoxy) is 1. The minimum atomic E-state index is -3.80. The van der Waals surface area contributed by atoms with Crippen LogP contribution in [0.3, 0.4) is 0 Å². The lowest BCUT2D eigenvalue weighted by molar-refractivity contribution is -0.147. The molecule has 0 fully saturated rings. The van der Waals surface area contributed by atoms with Crippen LogP contribution in [-0.2, 0) is 10.7 Å². The molecule has 26 heavy (non-hydrogen) atoms. The number of hydrogen-bond acceptors (Lipinski definition) is 3. The van der Waals surface area contributed by atoms with Crippen molar-refractivity contribution >= 4 is 21.8 Å². The van der Waals surface area contributed by atoms with Gasteiger partial charge in [0.25, 0.3) is 5.91 Å². The number of carbonyl (C=O) groups is 1. The molecule has 2 aromatic carbocycles. The molecular weight excluding hydrogens is 422 g/mol. The number of alkyl halides is 2. The van der Waals surface area contributed by atoms with E-state index in [0.717, 1.165) is 24.3 Å². The summed E-state index contributed by atoms with van der Waals surface area (Å²) in [6, 6.07) is 8.14. The number of hydrogen-bond donors (Lipinski definition) is 2. The molecule has 4 nitrogen and oxygen atoms in total. The molecule has 1 amide bonds. The van der Waals surface area contributed by atoms with Gasteiger partial charge in [0, 0.05) is 22.6 Å². The predicted molar refractivity (Wildman–Crippen MR) is 88.9 cm³/mol. The molecule has 0 heterocycles. The fourth-order valence-corrected chi connectivity index (χ4v) is 2.51. The Labute approximate surface area is 154 Å². The van der Waals surface area contributed by atoms with Gasteiger partial charge in [0.05, 0.1) is 0 Å². The first-order chi connectivity index (χ1) is 12.2. The van der Waals surface area contributed by atoms with Crippen LogP contribution in [0.25, 0.3) is 0 Å². The summed E-state index contributed by atoms with van der Waals surface area (Å²) in [5.41, 5.74) is -0.509. The molecule has 140 valence electrons. The summed E-state index contributed by atoms with van der Waals surface area (Å²) >= 11 is 2.96. The second-order valence-corrected chi connectivity index (χ2v) is 6.16. The molecular formula is C17H14BrF4NO3. The van der Waals surface area contributed by atoms with E-state index in [-0.39, 0.29) is 10.2 Å². The Hall–Kier alpha value is -2.13. The third-order valence-corrected chi connectivity index (χ3v) is 4.02. The normalized spacial score (nSPS) is 12.5. The van der Waals surface area contributed by atoms with E-state index in [9.17, 15) is 27.5 Å². The van der Waals surface area contributed by atoms with Crippen molar-refractivity contribution in [3.05, 3.63) is 64.1 Å². The third kappa shape index (κ3) is 4.95. The van der Waals surface area contributed by atoms with Crippen LogP contribution in [-0.4, -0.2) is 30.3 Å². The van der Waals surface area contributed by atoms with E-state index in [1.54, 1.807) is 0 Å². The van der Waals surface area contributed by atoms with E-state index in [1.165, 1.54) is 18.2 Å². The average molecular weight is 436 g/mol. The zero-order valence-electron chi connectivity index (χ0n) is 13.2. The quantitative estimate of drug-likeness (QED) is 0.655. The number of aliphatic hydroxyl groups excluding tert-OH is 1. The van der Waals surface area contributed by atoms with Gasteiger partial charge in [-0.1, -0.05) is 34.1 Å². The van der Waals surface area contributed by atoms with Gasteiger partial charge in [0.2, 0.25) is 0 Å². The topological polar surface area (TPSA) is 58.6 Å². The predicted octanol–water partition coefficient (Wildman–Crippen LogP) is 3.38. The molecule has 2 aromatic rings. The van der Waals surface area contributed by atoms with Crippen LogP contribution in [0, 0.1) is 11.6 Å². The van der Waals surface area contributed by atoms with Gasteiger partial charge in [0.1, 0.15) is 18.5 Å². The van der Waals surface area contributed by atoms with E-state index >= 15 is 0 Å². The molecule has 0 bridgehead atoms. The number of nitrogens with one attached hydrogen (secondary N) is 1. The van der Waals surface area contributed by atoms with E-state index in [4.69, 9.17) is 4.74 Å². The first kappa shape index (κ1) is 20.2. The number of carbonyl (C=O) groups excluding carboxylic acids is 1. The van der Waals surface area contributed by atoms with Crippen LogP contribution in [0.15, 0.2) is 46.9 Å². The molecule has 0 radical (unpaired) electrons. The number of rotatable bonds is 7. The van der Waals surface area contributed by atoms with Gasteiger partial charge in [-0.2, -0.15) is 8.78 Å². The molecule has 2 rings (SSSR count). The molecule has 0 spiro atoms. The van der Waals surface area contributed by atoms with Crippen LogP contribution in [0.5, 0.6) is 5.75 Å². The van der Waals surface area contributed by atoms with Crippen LogP contribution in [0.4, 0.5) is 17.6 Å². The third-order valence-electron chi connectivity index (χ3n) is 3.33. The highest BCUT2D eigenvalue weighted by molar-refractivity contribution is 9.10. The Morgan fingerprint density at radius 3 is 2.54 bits per heavy atom. The van der Waals surface area contributed by atoms with Crippen LogP contribution in [0.1, 0.15) is 5.56 Å². The lowest BCUT2D eigenvalue weighted by Gasteiger charge is -2.19. The lowest BCUT2D eigenvalue weighted by atomic mass is 10.1. The summed E-state index contributed by atoms with van der Waals surface area (Å²) < 4.78 is 59.2. The van der Waals surface area contributed by atoms with Crippen molar-refractivity contribution < 1.29 is 32.2 Å². The Morgan fingerprint density at radius 1 is 1.19 bits per heavy atom. The van der Waals surface area contributed by atoms with Crippen LogP contribution in [0.2, 0.25) is 0 Å². The fourth-order valence-electron chi connectivity index (χ4n) is 1.98. The number of amides is 1. The highest BCUT2D eigenvalue weighted by atomic mass is 79.9. The highest BCUT2D eigenvalue weighted by Gasteiger charge is 2.42. The summed E-state index contributed by atoms with van der Waals surface area (Å²) in [7, 11) is 0. The maximum atomic E-state index is 14.2. The van der Waals surface area contributed by atoms with Gasteiger partial charge < -0.3 is 15.2 Å². The van der Waals surface area contributed by atoms with Crippen molar-refractivity contribution in [2.75, 3.05) is 13.2 Å². The lowest BCUT2D eigenvalue weighted by Crippen LogP contribution is -2.43. The van der Waals surface area contributed by atoms with Gasteiger partial charge in [-0.25, -0.2) is 8.78 Å². The maximum Gasteiger partial charge on any atom is 0.350 e. The largest absolute Gasteiger partial charge is 0.491 e. The molecule has 0 aliphatic heterocycles. The first-order valence-corrected chi connectivity index (χ1v) is 8.18. The van der Waals surface area contributed by atoms with Crippen molar-refractivity contribution in [1.29, 1.82) is 0 Å². The minimum Gasteiger partial charge on any atom is -0.491 e. The second kappa shape index (κ2) is 8.50. The summed E-state index contributed by atoms with van der Waals surface area (Å²) in [6.07, 6.45) is -1.33. The Balaban J connectivity index is 1.88. The van der Waals surface area contributed by atoms with Crippen molar-refractivity contribution in [2.45, 2.75) is 12.0 Å². The first-order valence-electron chi connectivity index (χ1n) is 7.39. The molecule has 1 atom stereocenters. The van der Waals surface area contributed by atoms with Gasteiger partial charge >= 0.3 is 5.92 Å². The maximum absolute atomic E-state index is 14.2. The van der Waals surface area contributed by atoms with E-state index in [2.05, 4.69) is 15.9 Å². The zero-order chi connectivity index (χ0) is 19.3. The molecule has 2 N–H and O–H groups in total. The van der Waals surface area contributed by atoms with E-state index in [0.29, 0.717) is 0 Å². The Kier molecular flexibility index (Phi) is 6.60. The van der Waals surface area contributed by atoms with Crippen LogP contribution < -0.4 is 10.1 Å². The Morgan fingerprint density at radius 2 is 1.88 bits per heavy atom. The summed E-state index contributed by atoms with van der Waals surface area (Å²) in [6.45, 7) is -0.922. The van der Waals surface area contributed by atoms with Gasteiger partial charge in [-0.3, -0.25) is 4.79 Å². The zero-order valence-corrected chi connectivity index (χ0v) is 14.8. The van der Waals surface area contributed by atoms with Gasteiger partial charge in [-0.15, -0.1) is 0 Å². The monoisotopic (exact) mass is 435 g/mol. The second-order valence-electron chi connectivity index (χ2n) is 5.31. The number of benzene rings is 2. The molecule has 0 saturated heterocycles. The minimum absolute atomic E-state index is 0.0483. The summed E-state index contributed by atoms with van der Waals surface area (Å²) in [5, 5.41) is 11.6. The number of aliphatic hydroxyl groups is 1. The average Bonchev–Trinajstić information content (AvgIpc) is 2.60. The van der Waals surface area contributed by atoms with Gasteiger partial charge in [-0.05, 0) is 18.2 Å². The highest BCUT2D eigenvalue weighted by Crippen LogP contribution is 2.33. The van der Waals surface area contributed by atoms with Crippen molar-refractivity contribution in [2.24, 2.45) is 0 Å². The molecule has 0 aliphatic carbocycles. The summed E-state index contributed by atoms with van der Waals surface area (Å²) in [5.74, 6) is -7.62. The molecule has 9 heteroatoms. The van der Waals surface area contributed by atoms with Crippen molar-refractivity contribution in [3.63, 3.8) is 0 Å². The van der Waals surface area contributed by atoms with Crippen molar-refractivity contribution in [1.82, 2.24) is 5.32 Å². The summed E-state index contributed by atoms with van der Waals surface area (Å²) in [4.78, 5) is 11.8.